The van der Waals surface area contributed by atoms with E-state index in [4.69, 9.17) is 0 Å². The quantitative estimate of drug-likeness (QED) is 0.692. The third-order valence-electron chi connectivity index (χ3n) is 3.65. The Morgan fingerprint density at radius 3 is 2.62 bits per heavy atom. The smallest absolute Gasteiger partial charge is 0.314 e. The van der Waals surface area contributed by atoms with Crippen LogP contribution in [0.15, 0.2) is 48.7 Å². The van der Waals surface area contributed by atoms with Gasteiger partial charge in [0.05, 0.1) is 0 Å². The van der Waals surface area contributed by atoms with Gasteiger partial charge in [0.2, 0.25) is 0 Å². The van der Waals surface area contributed by atoms with Crippen LogP contribution in [0.2, 0.25) is 0 Å². The van der Waals surface area contributed by atoms with Crippen LogP contribution < -0.4 is 10.6 Å². The molecule has 1 aromatic carbocycles. The van der Waals surface area contributed by atoms with Gasteiger partial charge in [0.1, 0.15) is 5.82 Å². The van der Waals surface area contributed by atoms with Crippen LogP contribution in [-0.4, -0.2) is 35.8 Å². The van der Waals surface area contributed by atoms with E-state index in [-0.39, 0.29) is 24.4 Å². The SMILES string of the molecule is O=C(NCCc1ccc(F)cc1)NCC(CO)Cc1ccccn1. The molecule has 0 bridgehead atoms. The molecule has 1 unspecified atom stereocenters. The molecule has 2 rings (SSSR count). The summed E-state index contributed by atoms with van der Waals surface area (Å²) in [7, 11) is 0. The zero-order chi connectivity index (χ0) is 17.2. The van der Waals surface area contributed by atoms with Gasteiger partial charge in [-0.3, -0.25) is 4.98 Å². The minimum atomic E-state index is -0.281. The maximum Gasteiger partial charge on any atom is 0.314 e. The van der Waals surface area contributed by atoms with Crippen LogP contribution in [0.4, 0.5) is 9.18 Å². The van der Waals surface area contributed by atoms with E-state index in [1.165, 1.54) is 12.1 Å². The van der Waals surface area contributed by atoms with Crippen molar-refractivity contribution in [3.63, 3.8) is 0 Å². The fourth-order valence-corrected chi connectivity index (χ4v) is 2.29. The molecule has 0 radical (unpaired) electrons. The number of amides is 2. The van der Waals surface area contributed by atoms with Crippen LogP contribution in [0, 0.1) is 11.7 Å². The van der Waals surface area contributed by atoms with Crippen LogP contribution in [0.3, 0.4) is 0 Å². The highest BCUT2D eigenvalue weighted by Gasteiger charge is 2.11. The maximum atomic E-state index is 12.8. The van der Waals surface area contributed by atoms with Crippen molar-refractivity contribution in [1.29, 1.82) is 0 Å². The van der Waals surface area contributed by atoms with E-state index < -0.39 is 0 Å². The number of nitrogens with one attached hydrogen (secondary N) is 2. The van der Waals surface area contributed by atoms with E-state index in [0.717, 1.165) is 11.3 Å². The Kier molecular flexibility index (Phi) is 7.17. The second-order valence-electron chi connectivity index (χ2n) is 5.59. The molecule has 0 aliphatic carbocycles. The minimum Gasteiger partial charge on any atom is -0.396 e. The number of urea groups is 1. The molecular weight excluding hydrogens is 309 g/mol. The summed E-state index contributed by atoms with van der Waals surface area (Å²) in [6.45, 7) is 0.809. The van der Waals surface area contributed by atoms with Crippen molar-refractivity contribution in [2.24, 2.45) is 5.92 Å². The van der Waals surface area contributed by atoms with Crippen molar-refractivity contribution in [2.45, 2.75) is 12.8 Å². The number of aliphatic hydroxyl groups is 1. The maximum absolute atomic E-state index is 12.8. The fraction of sp³-hybridized carbons (Fsp3) is 0.333. The van der Waals surface area contributed by atoms with Gasteiger partial charge in [-0.1, -0.05) is 18.2 Å². The summed E-state index contributed by atoms with van der Waals surface area (Å²) in [6, 6.07) is 11.5. The molecule has 0 aliphatic heterocycles. The summed E-state index contributed by atoms with van der Waals surface area (Å²) in [6.07, 6.45) is 2.94. The monoisotopic (exact) mass is 331 g/mol. The molecule has 0 saturated heterocycles. The molecule has 3 N–H and O–H groups in total. The Balaban J connectivity index is 1.66. The number of rotatable bonds is 8. The largest absolute Gasteiger partial charge is 0.396 e. The Labute approximate surface area is 140 Å². The van der Waals surface area contributed by atoms with E-state index in [1.807, 2.05) is 18.2 Å². The van der Waals surface area contributed by atoms with Crippen LogP contribution in [0.1, 0.15) is 11.3 Å². The van der Waals surface area contributed by atoms with E-state index in [9.17, 15) is 14.3 Å². The van der Waals surface area contributed by atoms with E-state index >= 15 is 0 Å². The predicted octanol–water partition coefficient (Wildman–Crippen LogP) is 1.91. The zero-order valence-corrected chi connectivity index (χ0v) is 13.4. The molecule has 0 spiro atoms. The summed E-state index contributed by atoms with van der Waals surface area (Å²) in [5, 5.41) is 14.9. The second kappa shape index (κ2) is 9.62. The van der Waals surface area contributed by atoms with E-state index in [1.54, 1.807) is 18.3 Å². The van der Waals surface area contributed by atoms with Gasteiger partial charge in [-0.05, 0) is 42.7 Å². The Hall–Kier alpha value is -2.47. The molecule has 1 aromatic heterocycles. The number of carbonyl (C=O) groups excluding carboxylic acids is 1. The Bertz CT molecular complexity index is 620. The lowest BCUT2D eigenvalue weighted by molar-refractivity contribution is 0.213. The van der Waals surface area contributed by atoms with Gasteiger partial charge < -0.3 is 15.7 Å². The number of hydrogen-bond donors (Lipinski definition) is 3. The average molecular weight is 331 g/mol. The lowest BCUT2D eigenvalue weighted by Crippen LogP contribution is -2.40. The van der Waals surface area contributed by atoms with E-state index in [2.05, 4.69) is 15.6 Å². The average Bonchev–Trinajstić information content (AvgIpc) is 2.61. The van der Waals surface area contributed by atoms with Gasteiger partial charge in [0, 0.05) is 37.5 Å². The third-order valence-corrected chi connectivity index (χ3v) is 3.65. The summed E-state index contributed by atoms with van der Waals surface area (Å²) >= 11 is 0. The summed E-state index contributed by atoms with van der Waals surface area (Å²) in [5.74, 6) is -0.352. The number of aromatic nitrogens is 1. The van der Waals surface area contributed by atoms with Gasteiger partial charge in [0.25, 0.3) is 0 Å². The molecule has 1 heterocycles. The van der Waals surface area contributed by atoms with Crippen molar-refractivity contribution in [2.75, 3.05) is 19.7 Å². The zero-order valence-electron chi connectivity index (χ0n) is 13.4. The molecule has 2 aromatic rings. The molecular formula is C18H22FN3O2. The molecule has 5 nitrogen and oxygen atoms in total. The third kappa shape index (κ3) is 6.34. The van der Waals surface area contributed by atoms with Crippen molar-refractivity contribution in [3.05, 3.63) is 65.7 Å². The molecule has 6 heteroatoms. The van der Waals surface area contributed by atoms with Crippen molar-refractivity contribution in [3.8, 4) is 0 Å². The highest BCUT2D eigenvalue weighted by atomic mass is 19.1. The lowest BCUT2D eigenvalue weighted by Gasteiger charge is -2.15. The van der Waals surface area contributed by atoms with E-state index in [0.29, 0.717) is 25.9 Å². The second-order valence-corrected chi connectivity index (χ2v) is 5.59. The Morgan fingerprint density at radius 1 is 1.17 bits per heavy atom. The number of halogens is 1. The number of nitrogens with zero attached hydrogens (tertiary/aromatic N) is 1. The summed E-state index contributed by atoms with van der Waals surface area (Å²) < 4.78 is 12.8. The number of aliphatic hydroxyl groups excluding tert-OH is 1. The highest BCUT2D eigenvalue weighted by molar-refractivity contribution is 5.73. The standard InChI is InChI=1S/C18H22FN3O2/c19-16-6-4-14(5-7-16)8-10-21-18(24)22-12-15(13-23)11-17-3-1-2-9-20-17/h1-7,9,15,23H,8,10-13H2,(H2,21,22,24). The first kappa shape index (κ1) is 17.9. The Morgan fingerprint density at radius 2 is 1.96 bits per heavy atom. The first-order valence-electron chi connectivity index (χ1n) is 7.94. The highest BCUT2D eigenvalue weighted by Crippen LogP contribution is 2.05. The van der Waals surface area contributed by atoms with Gasteiger partial charge >= 0.3 is 6.03 Å². The normalized spacial score (nSPS) is 11.8. The topological polar surface area (TPSA) is 74.2 Å². The minimum absolute atomic E-state index is 0.0214. The molecule has 128 valence electrons. The van der Waals surface area contributed by atoms with Crippen LogP contribution >= 0.6 is 0 Å². The van der Waals surface area contributed by atoms with Gasteiger partial charge in [-0.25, -0.2) is 9.18 Å². The van der Waals surface area contributed by atoms with Crippen molar-refractivity contribution in [1.82, 2.24) is 15.6 Å². The van der Waals surface area contributed by atoms with Gasteiger partial charge in [0.15, 0.2) is 0 Å². The van der Waals surface area contributed by atoms with Gasteiger partial charge in [-0.2, -0.15) is 0 Å². The first-order chi connectivity index (χ1) is 11.7. The van der Waals surface area contributed by atoms with Crippen LogP contribution in [0.5, 0.6) is 0 Å². The lowest BCUT2D eigenvalue weighted by atomic mass is 10.0. The summed E-state index contributed by atoms with van der Waals surface area (Å²) in [4.78, 5) is 16.0. The van der Waals surface area contributed by atoms with Crippen molar-refractivity contribution < 1.29 is 14.3 Å². The van der Waals surface area contributed by atoms with Gasteiger partial charge in [-0.15, -0.1) is 0 Å². The molecule has 0 fully saturated rings. The first-order valence-corrected chi connectivity index (χ1v) is 7.94. The van der Waals surface area contributed by atoms with Crippen LogP contribution in [-0.2, 0) is 12.8 Å². The fourth-order valence-electron chi connectivity index (χ4n) is 2.29. The summed E-state index contributed by atoms with van der Waals surface area (Å²) in [5.41, 5.74) is 1.84. The number of pyridine rings is 1. The molecule has 0 aliphatic rings. The molecule has 24 heavy (non-hydrogen) atoms. The molecule has 2 amide bonds. The van der Waals surface area contributed by atoms with Crippen LogP contribution in [0.25, 0.3) is 0 Å². The number of hydrogen-bond acceptors (Lipinski definition) is 3. The number of carbonyl (C=O) groups is 1. The molecule has 0 saturated carbocycles. The number of benzene rings is 1. The predicted molar refractivity (Wildman–Crippen MR) is 90.0 cm³/mol. The van der Waals surface area contributed by atoms with Crippen molar-refractivity contribution >= 4 is 6.03 Å². The molecule has 1 atom stereocenters.